The SMILES string of the molecule is O=C(OCCBr)N1c2ccccc2CCC1C(F)(F)F. The van der Waals surface area contributed by atoms with Crippen molar-refractivity contribution >= 4 is 27.7 Å². The van der Waals surface area contributed by atoms with E-state index < -0.39 is 18.3 Å². The van der Waals surface area contributed by atoms with Crippen LogP contribution in [0, 0.1) is 0 Å². The molecule has 1 atom stereocenters. The van der Waals surface area contributed by atoms with Gasteiger partial charge in [-0.2, -0.15) is 13.2 Å². The van der Waals surface area contributed by atoms with E-state index in [0.29, 0.717) is 11.8 Å². The fourth-order valence-electron chi connectivity index (χ4n) is 2.28. The first-order valence-corrected chi connectivity index (χ1v) is 7.24. The van der Waals surface area contributed by atoms with Crippen molar-refractivity contribution in [1.29, 1.82) is 0 Å². The van der Waals surface area contributed by atoms with Crippen molar-refractivity contribution in [1.82, 2.24) is 0 Å². The predicted octanol–water partition coefficient (Wildman–Crippen LogP) is 3.90. The Morgan fingerprint density at radius 2 is 2.10 bits per heavy atom. The molecule has 7 heteroatoms. The molecule has 0 fully saturated rings. The van der Waals surface area contributed by atoms with E-state index >= 15 is 0 Å². The summed E-state index contributed by atoms with van der Waals surface area (Å²) in [6.07, 6.45) is -5.29. The van der Waals surface area contributed by atoms with Crippen molar-refractivity contribution in [3.05, 3.63) is 29.8 Å². The smallest absolute Gasteiger partial charge is 0.414 e. The summed E-state index contributed by atoms with van der Waals surface area (Å²) in [5.74, 6) is 0. The molecule has 1 heterocycles. The Labute approximate surface area is 122 Å². The van der Waals surface area contributed by atoms with Gasteiger partial charge in [0.25, 0.3) is 0 Å². The van der Waals surface area contributed by atoms with Crippen LogP contribution in [0.3, 0.4) is 0 Å². The molecule has 3 nitrogen and oxygen atoms in total. The summed E-state index contributed by atoms with van der Waals surface area (Å²) in [6.45, 7) is 0.0298. The van der Waals surface area contributed by atoms with E-state index in [9.17, 15) is 18.0 Å². The zero-order chi connectivity index (χ0) is 14.8. The second-order valence-corrected chi connectivity index (χ2v) is 5.19. The molecule has 0 spiro atoms. The molecule has 0 saturated carbocycles. The minimum Gasteiger partial charge on any atom is -0.448 e. The number of halogens is 4. The third-order valence-corrected chi connectivity index (χ3v) is 3.45. The Balaban J connectivity index is 2.36. The number of hydrogen-bond acceptors (Lipinski definition) is 2. The molecule has 1 aromatic rings. The molecule has 1 amide bonds. The second kappa shape index (κ2) is 6.03. The van der Waals surface area contributed by atoms with E-state index in [4.69, 9.17) is 4.74 Å². The number of carbonyl (C=O) groups excluding carboxylic acids is 1. The minimum atomic E-state index is -4.47. The summed E-state index contributed by atoms with van der Waals surface area (Å²) in [7, 11) is 0. The van der Waals surface area contributed by atoms with Crippen LogP contribution in [0.1, 0.15) is 12.0 Å². The molecule has 0 aliphatic carbocycles. The first kappa shape index (κ1) is 15.2. The Kier molecular flexibility index (Phi) is 4.57. The van der Waals surface area contributed by atoms with Crippen molar-refractivity contribution in [2.24, 2.45) is 0 Å². The van der Waals surface area contributed by atoms with Gasteiger partial charge in [0.05, 0.1) is 5.69 Å². The van der Waals surface area contributed by atoms with Gasteiger partial charge in [0, 0.05) is 5.33 Å². The monoisotopic (exact) mass is 351 g/mol. The maximum absolute atomic E-state index is 13.1. The van der Waals surface area contributed by atoms with Gasteiger partial charge in [-0.3, -0.25) is 4.90 Å². The normalized spacial score (nSPS) is 18.6. The van der Waals surface area contributed by atoms with E-state index in [1.54, 1.807) is 18.2 Å². The summed E-state index contributed by atoms with van der Waals surface area (Å²) in [5.41, 5.74) is 1.00. The fourth-order valence-corrected chi connectivity index (χ4v) is 2.44. The van der Waals surface area contributed by atoms with E-state index in [1.807, 2.05) is 0 Å². The quantitative estimate of drug-likeness (QED) is 0.756. The highest BCUT2D eigenvalue weighted by molar-refractivity contribution is 9.09. The van der Waals surface area contributed by atoms with Crippen LogP contribution in [0.2, 0.25) is 0 Å². The van der Waals surface area contributed by atoms with Gasteiger partial charge in [0.15, 0.2) is 0 Å². The molecule has 1 unspecified atom stereocenters. The van der Waals surface area contributed by atoms with Crippen LogP contribution < -0.4 is 4.90 Å². The van der Waals surface area contributed by atoms with E-state index in [2.05, 4.69) is 15.9 Å². The van der Waals surface area contributed by atoms with Gasteiger partial charge in [-0.05, 0) is 24.5 Å². The molecule has 2 rings (SSSR count). The number of alkyl halides is 4. The number of amides is 1. The number of hydrogen-bond donors (Lipinski definition) is 0. The molecular formula is C13H13BrF3NO2. The molecule has 1 aromatic carbocycles. The molecule has 0 N–H and O–H groups in total. The summed E-state index contributed by atoms with van der Waals surface area (Å²) in [4.78, 5) is 12.7. The van der Waals surface area contributed by atoms with Crippen LogP contribution in [0.25, 0.3) is 0 Å². The molecule has 1 aliphatic heterocycles. The zero-order valence-electron chi connectivity index (χ0n) is 10.5. The summed E-state index contributed by atoms with van der Waals surface area (Å²) < 4.78 is 44.2. The molecule has 110 valence electrons. The van der Waals surface area contributed by atoms with Gasteiger partial charge in [0.1, 0.15) is 12.6 Å². The van der Waals surface area contributed by atoms with Gasteiger partial charge in [-0.1, -0.05) is 34.1 Å². The number of carbonyl (C=O) groups is 1. The van der Waals surface area contributed by atoms with Crippen molar-refractivity contribution in [2.75, 3.05) is 16.8 Å². The molecule has 20 heavy (non-hydrogen) atoms. The zero-order valence-corrected chi connectivity index (χ0v) is 12.1. The Hall–Kier alpha value is -1.24. The van der Waals surface area contributed by atoms with Crippen LogP contribution >= 0.6 is 15.9 Å². The molecule has 0 bridgehead atoms. The highest BCUT2D eigenvalue weighted by atomic mass is 79.9. The molecule has 1 aliphatic rings. The Bertz CT molecular complexity index is 493. The number of para-hydroxylation sites is 1. The lowest BCUT2D eigenvalue weighted by molar-refractivity contribution is -0.149. The van der Waals surface area contributed by atoms with Crippen molar-refractivity contribution in [2.45, 2.75) is 25.1 Å². The van der Waals surface area contributed by atoms with Crippen LogP contribution in [-0.2, 0) is 11.2 Å². The van der Waals surface area contributed by atoms with Gasteiger partial charge in [0.2, 0.25) is 0 Å². The third kappa shape index (κ3) is 3.08. The van der Waals surface area contributed by atoms with E-state index in [1.165, 1.54) is 6.07 Å². The maximum Gasteiger partial charge on any atom is 0.414 e. The van der Waals surface area contributed by atoms with Crippen LogP contribution in [0.5, 0.6) is 0 Å². The maximum atomic E-state index is 13.1. The first-order valence-electron chi connectivity index (χ1n) is 6.11. The number of benzene rings is 1. The van der Waals surface area contributed by atoms with E-state index in [0.717, 1.165) is 10.5 Å². The summed E-state index contributed by atoms with van der Waals surface area (Å²) in [5, 5.41) is 0.380. The number of aryl methyl sites for hydroxylation is 1. The highest BCUT2D eigenvalue weighted by Gasteiger charge is 2.48. The van der Waals surface area contributed by atoms with Crippen molar-refractivity contribution in [3.63, 3.8) is 0 Å². The van der Waals surface area contributed by atoms with Gasteiger partial charge in [-0.25, -0.2) is 4.79 Å². The highest BCUT2D eigenvalue weighted by Crippen LogP contribution is 2.38. The van der Waals surface area contributed by atoms with Gasteiger partial charge in [-0.15, -0.1) is 0 Å². The van der Waals surface area contributed by atoms with Crippen LogP contribution in [-0.4, -0.2) is 30.2 Å². The minimum absolute atomic E-state index is 0.0298. The first-order chi connectivity index (χ1) is 9.45. The average Bonchev–Trinajstić information content (AvgIpc) is 2.42. The molecule has 0 aromatic heterocycles. The number of nitrogens with zero attached hydrogens (tertiary/aromatic N) is 1. The van der Waals surface area contributed by atoms with Gasteiger partial charge < -0.3 is 4.74 Å². The number of anilines is 1. The lowest BCUT2D eigenvalue weighted by Gasteiger charge is -2.37. The second-order valence-electron chi connectivity index (χ2n) is 4.40. The average molecular weight is 352 g/mol. The largest absolute Gasteiger partial charge is 0.448 e. The molecule has 0 saturated heterocycles. The van der Waals surface area contributed by atoms with Crippen molar-refractivity contribution in [3.8, 4) is 0 Å². The number of rotatable bonds is 2. The van der Waals surface area contributed by atoms with E-state index in [-0.39, 0.29) is 18.7 Å². The van der Waals surface area contributed by atoms with Gasteiger partial charge >= 0.3 is 12.3 Å². The summed E-state index contributed by atoms with van der Waals surface area (Å²) >= 11 is 3.07. The van der Waals surface area contributed by atoms with Crippen LogP contribution in [0.15, 0.2) is 24.3 Å². The topological polar surface area (TPSA) is 29.5 Å². The summed E-state index contributed by atoms with van der Waals surface area (Å²) in [6, 6.07) is 4.77. The Morgan fingerprint density at radius 3 is 2.75 bits per heavy atom. The lowest BCUT2D eigenvalue weighted by atomic mass is 9.96. The molecule has 0 radical (unpaired) electrons. The predicted molar refractivity (Wildman–Crippen MR) is 72.2 cm³/mol. The standard InChI is InChI=1S/C13H13BrF3NO2/c14-7-8-20-12(19)18-10-4-2-1-3-9(10)5-6-11(18)13(15,16)17/h1-4,11H,5-8H2. The lowest BCUT2D eigenvalue weighted by Crippen LogP contribution is -2.51. The van der Waals surface area contributed by atoms with Crippen LogP contribution in [0.4, 0.5) is 23.7 Å². The fraction of sp³-hybridized carbons (Fsp3) is 0.462. The van der Waals surface area contributed by atoms with Crippen molar-refractivity contribution < 1.29 is 22.7 Å². The third-order valence-electron chi connectivity index (χ3n) is 3.13. The Morgan fingerprint density at radius 1 is 1.40 bits per heavy atom. The number of fused-ring (bicyclic) bond motifs is 1. The molecular weight excluding hydrogens is 339 g/mol. The number of ether oxygens (including phenoxy) is 1.